The Morgan fingerprint density at radius 3 is 2.15 bits per heavy atom. The van der Waals surface area contributed by atoms with Crippen LogP contribution in [0.5, 0.6) is 0 Å². The minimum absolute atomic E-state index is 0.129. The van der Waals surface area contributed by atoms with Gasteiger partial charge in [-0.25, -0.2) is 14.6 Å². The molecule has 0 saturated heterocycles. The Morgan fingerprint density at radius 2 is 1.52 bits per heavy atom. The molecule has 0 unspecified atom stereocenters. The van der Waals surface area contributed by atoms with Crippen molar-refractivity contribution in [1.82, 2.24) is 20.9 Å². The molecule has 0 atom stereocenters. The number of pyridine rings is 1. The van der Waals surface area contributed by atoms with Crippen LogP contribution in [0.15, 0.2) is 54.6 Å². The Balaban J connectivity index is 1.36. The highest BCUT2D eigenvalue weighted by atomic mass is 16.6. The fourth-order valence-electron chi connectivity index (χ4n) is 5.00. The van der Waals surface area contributed by atoms with Crippen molar-refractivity contribution in [1.29, 1.82) is 0 Å². The molecular formula is C31H38N4O5. The van der Waals surface area contributed by atoms with Crippen LogP contribution in [-0.4, -0.2) is 46.9 Å². The molecule has 2 aromatic carbocycles. The van der Waals surface area contributed by atoms with E-state index in [0.29, 0.717) is 36.2 Å². The maximum absolute atomic E-state index is 13.4. The molecule has 212 valence electrons. The number of hydrogen-bond acceptors (Lipinski definition) is 5. The molecule has 1 fully saturated rings. The predicted octanol–water partition coefficient (Wildman–Crippen LogP) is 5.73. The number of nitrogens with one attached hydrogen (secondary N) is 3. The smallest absolute Gasteiger partial charge is 0.407 e. The summed E-state index contributed by atoms with van der Waals surface area (Å²) in [4.78, 5) is 40.9. The summed E-state index contributed by atoms with van der Waals surface area (Å²) in [5.41, 5.74) is 3.16. The fraction of sp³-hybridized carbons (Fsp3) is 0.419. The Morgan fingerprint density at radius 1 is 0.900 bits per heavy atom. The molecule has 1 aliphatic carbocycles. The number of nitrogens with zero attached hydrogens (tertiary/aromatic N) is 1. The molecule has 0 aliphatic heterocycles. The topological polar surface area (TPSA) is 130 Å². The molecule has 0 radical (unpaired) electrons. The molecule has 3 aromatic rings. The molecule has 9 heteroatoms. The number of para-hydroxylation sites is 1. The van der Waals surface area contributed by atoms with Crippen molar-refractivity contribution >= 4 is 29.0 Å². The van der Waals surface area contributed by atoms with E-state index < -0.39 is 11.7 Å². The summed E-state index contributed by atoms with van der Waals surface area (Å²) >= 11 is 0. The summed E-state index contributed by atoms with van der Waals surface area (Å²) in [5, 5.41) is 18.0. The van der Waals surface area contributed by atoms with Gasteiger partial charge in [0.05, 0.1) is 16.8 Å². The molecule has 40 heavy (non-hydrogen) atoms. The van der Waals surface area contributed by atoms with Crippen LogP contribution in [0.25, 0.3) is 22.2 Å². The number of hydrogen-bond donors (Lipinski definition) is 4. The van der Waals surface area contributed by atoms with Gasteiger partial charge in [-0.3, -0.25) is 4.79 Å². The molecule has 4 rings (SSSR count). The van der Waals surface area contributed by atoms with Crippen molar-refractivity contribution in [3.05, 3.63) is 65.7 Å². The lowest BCUT2D eigenvalue weighted by Gasteiger charge is -2.29. The van der Waals surface area contributed by atoms with Gasteiger partial charge in [0, 0.05) is 30.6 Å². The van der Waals surface area contributed by atoms with Crippen LogP contribution >= 0.6 is 0 Å². The third-order valence-corrected chi connectivity index (χ3v) is 7.11. The summed E-state index contributed by atoms with van der Waals surface area (Å²) in [6.45, 7) is 6.98. The van der Waals surface area contributed by atoms with Crippen molar-refractivity contribution in [2.75, 3.05) is 13.1 Å². The highest BCUT2D eigenvalue weighted by molar-refractivity contribution is 6.07. The van der Waals surface area contributed by atoms with E-state index in [1.165, 1.54) is 0 Å². The Hall–Kier alpha value is -4.14. The largest absolute Gasteiger partial charge is 0.465 e. The van der Waals surface area contributed by atoms with Gasteiger partial charge < -0.3 is 25.8 Å². The molecule has 1 aliphatic rings. The van der Waals surface area contributed by atoms with Crippen LogP contribution < -0.4 is 16.0 Å². The van der Waals surface area contributed by atoms with Gasteiger partial charge in [-0.2, -0.15) is 0 Å². The molecule has 1 heterocycles. The maximum atomic E-state index is 13.4. The summed E-state index contributed by atoms with van der Waals surface area (Å²) in [6, 6.07) is 16.9. The van der Waals surface area contributed by atoms with Crippen molar-refractivity contribution in [3.8, 4) is 11.3 Å². The number of carboxylic acid groups (broad SMARTS) is 1. The molecule has 0 spiro atoms. The second kappa shape index (κ2) is 12.8. The third kappa shape index (κ3) is 8.18. The number of aromatic nitrogens is 1. The normalized spacial score (nSPS) is 17.2. The third-order valence-electron chi connectivity index (χ3n) is 7.11. The van der Waals surface area contributed by atoms with Crippen LogP contribution in [0.3, 0.4) is 0 Å². The van der Waals surface area contributed by atoms with E-state index in [1.807, 2.05) is 75.4 Å². The number of alkyl carbamates (subject to hydrolysis) is 1. The van der Waals surface area contributed by atoms with Crippen molar-refractivity contribution in [3.63, 3.8) is 0 Å². The lowest BCUT2D eigenvalue weighted by molar-refractivity contribution is 0.0512. The molecule has 9 nitrogen and oxygen atoms in total. The number of ether oxygens (including phenoxy) is 1. The van der Waals surface area contributed by atoms with Gasteiger partial charge in [-0.05, 0) is 76.0 Å². The van der Waals surface area contributed by atoms with Crippen molar-refractivity contribution in [2.24, 2.45) is 11.8 Å². The first-order valence-corrected chi connectivity index (χ1v) is 13.8. The van der Waals surface area contributed by atoms with Crippen molar-refractivity contribution in [2.45, 2.75) is 58.6 Å². The maximum Gasteiger partial charge on any atom is 0.407 e. The first-order valence-electron chi connectivity index (χ1n) is 13.8. The van der Waals surface area contributed by atoms with E-state index in [-0.39, 0.29) is 18.5 Å². The second-order valence-corrected chi connectivity index (χ2v) is 11.4. The van der Waals surface area contributed by atoms with Gasteiger partial charge in [0.25, 0.3) is 5.91 Å². The molecule has 4 N–H and O–H groups in total. The van der Waals surface area contributed by atoms with E-state index in [4.69, 9.17) is 14.8 Å². The SMILES string of the molecule is CC(C)(C)OC(=O)NCC1CCC(CNC(=O)c2cc(-c3ccc(CNC(=O)O)cc3)nc3ccccc23)CC1. The number of rotatable bonds is 8. The summed E-state index contributed by atoms with van der Waals surface area (Å²) in [5.74, 6) is 0.676. The average Bonchev–Trinajstić information content (AvgIpc) is 2.93. The molecule has 1 saturated carbocycles. The summed E-state index contributed by atoms with van der Waals surface area (Å²) in [6.07, 6.45) is 2.53. The Kier molecular flexibility index (Phi) is 9.24. The van der Waals surface area contributed by atoms with Crippen LogP contribution in [0.4, 0.5) is 9.59 Å². The van der Waals surface area contributed by atoms with Gasteiger partial charge in [-0.1, -0.05) is 42.5 Å². The number of amides is 3. The lowest BCUT2D eigenvalue weighted by atomic mass is 9.82. The molecule has 0 bridgehead atoms. The van der Waals surface area contributed by atoms with Crippen LogP contribution in [0.1, 0.15) is 62.4 Å². The Bertz CT molecular complexity index is 1340. The average molecular weight is 547 g/mol. The van der Waals surface area contributed by atoms with Gasteiger partial charge in [0.1, 0.15) is 5.60 Å². The van der Waals surface area contributed by atoms with E-state index in [9.17, 15) is 14.4 Å². The predicted molar refractivity (Wildman–Crippen MR) is 154 cm³/mol. The summed E-state index contributed by atoms with van der Waals surface area (Å²) < 4.78 is 5.32. The highest BCUT2D eigenvalue weighted by Gasteiger charge is 2.24. The van der Waals surface area contributed by atoms with Gasteiger partial charge in [0.15, 0.2) is 0 Å². The number of carbonyl (C=O) groups excluding carboxylic acids is 2. The molecular weight excluding hydrogens is 508 g/mol. The quantitative estimate of drug-likeness (QED) is 0.286. The number of benzene rings is 2. The highest BCUT2D eigenvalue weighted by Crippen LogP contribution is 2.29. The number of carbonyl (C=O) groups is 3. The molecule has 3 amide bonds. The van der Waals surface area contributed by atoms with Crippen LogP contribution in [0, 0.1) is 11.8 Å². The van der Waals surface area contributed by atoms with E-state index >= 15 is 0 Å². The van der Waals surface area contributed by atoms with Gasteiger partial charge in [-0.15, -0.1) is 0 Å². The summed E-state index contributed by atoms with van der Waals surface area (Å²) in [7, 11) is 0. The van der Waals surface area contributed by atoms with E-state index in [2.05, 4.69) is 16.0 Å². The van der Waals surface area contributed by atoms with Crippen LogP contribution in [-0.2, 0) is 11.3 Å². The molecule has 1 aromatic heterocycles. The zero-order valence-corrected chi connectivity index (χ0v) is 23.3. The Labute approximate surface area is 234 Å². The standard InChI is InChI=1S/C31H38N4O5/c1-31(2,3)40-30(39)34-19-21-10-8-20(9-11-21)17-32-28(36)25-16-27(35-26-7-5-4-6-24(25)26)23-14-12-22(13-15-23)18-33-29(37)38/h4-7,12-16,20-21,33H,8-11,17-19H2,1-3H3,(H,32,36)(H,34,39)(H,37,38). The van der Waals surface area contributed by atoms with E-state index in [1.54, 1.807) is 0 Å². The number of fused-ring (bicyclic) bond motifs is 1. The second-order valence-electron chi connectivity index (χ2n) is 11.4. The fourth-order valence-corrected chi connectivity index (χ4v) is 5.00. The van der Waals surface area contributed by atoms with Crippen molar-refractivity contribution < 1.29 is 24.2 Å². The zero-order valence-electron chi connectivity index (χ0n) is 23.3. The monoisotopic (exact) mass is 546 g/mol. The van der Waals surface area contributed by atoms with Gasteiger partial charge >= 0.3 is 12.2 Å². The first-order chi connectivity index (χ1) is 19.1. The zero-order chi connectivity index (χ0) is 28.7. The first kappa shape index (κ1) is 28.9. The van der Waals surface area contributed by atoms with Gasteiger partial charge in [0.2, 0.25) is 0 Å². The minimum Gasteiger partial charge on any atom is -0.465 e. The van der Waals surface area contributed by atoms with Crippen LogP contribution in [0.2, 0.25) is 0 Å². The minimum atomic E-state index is -1.07. The van der Waals surface area contributed by atoms with E-state index in [0.717, 1.165) is 47.7 Å². The lowest BCUT2D eigenvalue weighted by Crippen LogP contribution is -2.37.